The van der Waals surface area contributed by atoms with Crippen molar-refractivity contribution in [1.29, 1.82) is 0 Å². The third-order valence-corrected chi connectivity index (χ3v) is 5.24. The smallest absolute Gasteiger partial charge is 0.269 e. The summed E-state index contributed by atoms with van der Waals surface area (Å²) in [4.78, 5) is 30.7. The first kappa shape index (κ1) is 19.8. The molecule has 0 spiro atoms. The zero-order valence-corrected chi connectivity index (χ0v) is 16.3. The quantitative estimate of drug-likeness (QED) is 0.486. The second kappa shape index (κ2) is 8.41. The number of carbonyl (C=O) groups is 1. The van der Waals surface area contributed by atoms with Gasteiger partial charge in [0.25, 0.3) is 11.6 Å². The van der Waals surface area contributed by atoms with Gasteiger partial charge in [-0.05, 0) is 30.3 Å². The van der Waals surface area contributed by atoms with Crippen molar-refractivity contribution in [3.63, 3.8) is 0 Å². The van der Waals surface area contributed by atoms with Crippen molar-refractivity contribution in [2.75, 3.05) is 32.1 Å². The topological polar surface area (TPSA) is 80.8 Å². The van der Waals surface area contributed by atoms with E-state index in [0.29, 0.717) is 27.5 Å². The molecule has 0 atom stereocenters. The van der Waals surface area contributed by atoms with E-state index in [4.69, 9.17) is 0 Å². The first-order chi connectivity index (χ1) is 13.3. The van der Waals surface area contributed by atoms with Gasteiger partial charge < -0.3 is 4.90 Å². The minimum absolute atomic E-state index is 0.0743. The number of non-ortho nitro benzene ring substituents is 1. The first-order valence-electron chi connectivity index (χ1n) is 8.76. The van der Waals surface area contributed by atoms with E-state index >= 15 is 0 Å². The normalized spacial score (nSPS) is 11.1. The van der Waals surface area contributed by atoms with Crippen LogP contribution in [0, 0.1) is 15.9 Å². The second-order valence-electron chi connectivity index (χ2n) is 6.68. The van der Waals surface area contributed by atoms with E-state index in [1.807, 2.05) is 14.1 Å². The number of aromatic nitrogens is 1. The minimum atomic E-state index is -0.506. The fourth-order valence-corrected chi connectivity index (χ4v) is 3.77. The summed E-state index contributed by atoms with van der Waals surface area (Å²) in [6.07, 6.45) is 0.755. The number of hydrogen-bond donors (Lipinski definition) is 1. The van der Waals surface area contributed by atoms with Crippen molar-refractivity contribution in [3.05, 3.63) is 64.0 Å². The molecule has 0 unspecified atom stereocenters. The van der Waals surface area contributed by atoms with Crippen LogP contribution >= 0.6 is 11.3 Å². The molecule has 0 fully saturated rings. The average Bonchev–Trinajstić information content (AvgIpc) is 3.07. The van der Waals surface area contributed by atoms with Crippen LogP contribution in [-0.4, -0.2) is 43.0 Å². The Labute approximate surface area is 165 Å². The van der Waals surface area contributed by atoms with Crippen LogP contribution in [0.5, 0.6) is 0 Å². The molecule has 146 valence electrons. The minimum Gasteiger partial charge on any atom is -0.340 e. The Morgan fingerprint density at radius 2 is 1.96 bits per heavy atom. The standard InChI is InChI=1S/C19H19FN4O3S/c1-22(2)10-3-11-23(18(25)13-4-7-15(8-5-13)24(26)27)19-21-16-9-6-14(20)12-17(16)28-19/h4-9,12H,3,10-11H2,1-2H3/p+1. The molecule has 0 aliphatic carbocycles. The van der Waals surface area contributed by atoms with E-state index in [0.717, 1.165) is 13.0 Å². The fraction of sp³-hybridized carbons (Fsp3) is 0.263. The SMILES string of the molecule is C[NH+](C)CCCN(C(=O)c1ccc([N+](=O)[O-])cc1)c1nc2ccc(F)cc2s1. The third kappa shape index (κ3) is 4.49. The van der Waals surface area contributed by atoms with E-state index in [1.54, 1.807) is 11.0 Å². The number of benzene rings is 2. The van der Waals surface area contributed by atoms with E-state index in [1.165, 1.54) is 52.6 Å². The number of anilines is 1. The average molecular weight is 403 g/mol. The zero-order chi connectivity index (χ0) is 20.3. The van der Waals surface area contributed by atoms with Crippen LogP contribution in [-0.2, 0) is 0 Å². The molecule has 0 saturated heterocycles. The fourth-order valence-electron chi connectivity index (χ4n) is 2.76. The molecule has 1 amide bonds. The summed E-state index contributed by atoms with van der Waals surface area (Å²) < 4.78 is 14.2. The largest absolute Gasteiger partial charge is 0.340 e. The summed E-state index contributed by atoms with van der Waals surface area (Å²) in [7, 11) is 4.06. The second-order valence-corrected chi connectivity index (χ2v) is 7.69. The highest BCUT2D eigenvalue weighted by molar-refractivity contribution is 7.22. The maximum absolute atomic E-state index is 13.5. The third-order valence-electron chi connectivity index (χ3n) is 4.20. The van der Waals surface area contributed by atoms with Gasteiger partial charge in [-0.3, -0.25) is 19.8 Å². The van der Waals surface area contributed by atoms with Crippen LogP contribution in [0.4, 0.5) is 15.2 Å². The zero-order valence-electron chi connectivity index (χ0n) is 15.5. The number of nitrogens with zero attached hydrogens (tertiary/aromatic N) is 3. The number of hydrogen-bond acceptors (Lipinski definition) is 5. The molecule has 9 heteroatoms. The Bertz CT molecular complexity index is 1000. The van der Waals surface area contributed by atoms with Gasteiger partial charge in [-0.1, -0.05) is 11.3 Å². The van der Waals surface area contributed by atoms with E-state index in [2.05, 4.69) is 4.98 Å². The van der Waals surface area contributed by atoms with E-state index in [-0.39, 0.29) is 17.4 Å². The Morgan fingerprint density at radius 3 is 2.61 bits per heavy atom. The number of nitro groups is 1. The molecule has 0 aliphatic heterocycles. The highest BCUT2D eigenvalue weighted by Crippen LogP contribution is 2.30. The molecule has 1 heterocycles. The van der Waals surface area contributed by atoms with Crippen molar-refractivity contribution in [2.45, 2.75) is 6.42 Å². The maximum atomic E-state index is 13.5. The molecule has 1 aromatic heterocycles. The Balaban J connectivity index is 1.92. The lowest BCUT2D eigenvalue weighted by atomic mass is 10.2. The van der Waals surface area contributed by atoms with Gasteiger partial charge in [0.2, 0.25) is 0 Å². The summed E-state index contributed by atoms with van der Waals surface area (Å²) in [6.45, 7) is 1.31. The number of nitrogens with one attached hydrogen (secondary N) is 1. The molecule has 0 radical (unpaired) electrons. The van der Waals surface area contributed by atoms with Gasteiger partial charge in [0, 0.05) is 30.7 Å². The predicted molar refractivity (Wildman–Crippen MR) is 107 cm³/mol. The number of carbonyl (C=O) groups excluding carboxylic acids is 1. The molecule has 0 aliphatic rings. The highest BCUT2D eigenvalue weighted by Gasteiger charge is 2.22. The highest BCUT2D eigenvalue weighted by atomic mass is 32.1. The molecule has 3 rings (SSSR count). The lowest BCUT2D eigenvalue weighted by molar-refractivity contribution is -0.858. The van der Waals surface area contributed by atoms with Gasteiger partial charge in [0.15, 0.2) is 5.13 Å². The monoisotopic (exact) mass is 403 g/mol. The Morgan fingerprint density at radius 1 is 1.25 bits per heavy atom. The number of thiazole rings is 1. The maximum Gasteiger partial charge on any atom is 0.269 e. The van der Waals surface area contributed by atoms with Crippen molar-refractivity contribution in [2.24, 2.45) is 0 Å². The van der Waals surface area contributed by atoms with Crippen LogP contribution in [0.2, 0.25) is 0 Å². The van der Waals surface area contributed by atoms with Gasteiger partial charge in [0.05, 0.1) is 35.8 Å². The van der Waals surface area contributed by atoms with E-state index in [9.17, 15) is 19.3 Å². The molecule has 1 N–H and O–H groups in total. The molecular formula is C19H20FN4O3S+. The molecule has 3 aromatic rings. The summed E-state index contributed by atoms with van der Waals surface area (Å²) in [6, 6.07) is 9.82. The molecule has 28 heavy (non-hydrogen) atoms. The van der Waals surface area contributed by atoms with Crippen molar-refractivity contribution in [1.82, 2.24) is 4.98 Å². The van der Waals surface area contributed by atoms with Crippen LogP contribution in [0.25, 0.3) is 10.2 Å². The van der Waals surface area contributed by atoms with Crippen molar-refractivity contribution >= 4 is 38.3 Å². The predicted octanol–water partition coefficient (Wildman–Crippen LogP) is 2.53. The van der Waals surface area contributed by atoms with Gasteiger partial charge >= 0.3 is 0 Å². The lowest BCUT2D eigenvalue weighted by Crippen LogP contribution is -3.05. The van der Waals surface area contributed by atoms with Crippen LogP contribution in [0.1, 0.15) is 16.8 Å². The van der Waals surface area contributed by atoms with Crippen molar-refractivity contribution in [3.8, 4) is 0 Å². The summed E-state index contributed by atoms with van der Waals surface area (Å²) in [5, 5.41) is 11.3. The van der Waals surface area contributed by atoms with Crippen LogP contribution in [0.15, 0.2) is 42.5 Å². The summed E-state index contributed by atoms with van der Waals surface area (Å²) in [5.74, 6) is -0.643. The molecule has 0 bridgehead atoms. The van der Waals surface area contributed by atoms with Crippen LogP contribution in [0.3, 0.4) is 0 Å². The number of quaternary nitrogens is 1. The van der Waals surface area contributed by atoms with E-state index < -0.39 is 4.92 Å². The summed E-state index contributed by atoms with van der Waals surface area (Å²) >= 11 is 1.25. The molecular weight excluding hydrogens is 383 g/mol. The van der Waals surface area contributed by atoms with Gasteiger partial charge in [-0.2, -0.15) is 0 Å². The Kier molecular flexibility index (Phi) is 5.96. The molecule has 0 saturated carbocycles. The lowest BCUT2D eigenvalue weighted by Gasteiger charge is -2.20. The number of fused-ring (bicyclic) bond motifs is 1. The number of nitro benzene ring substituents is 1. The van der Waals surface area contributed by atoms with Gasteiger partial charge in [0.1, 0.15) is 5.82 Å². The first-order valence-corrected chi connectivity index (χ1v) is 9.58. The number of rotatable bonds is 7. The Hall–Kier alpha value is -2.91. The summed E-state index contributed by atoms with van der Waals surface area (Å²) in [5.41, 5.74) is 0.893. The van der Waals surface area contributed by atoms with Gasteiger partial charge in [-0.15, -0.1) is 0 Å². The number of halogens is 1. The molecule has 7 nitrogen and oxygen atoms in total. The van der Waals surface area contributed by atoms with Crippen LogP contribution < -0.4 is 9.80 Å². The van der Waals surface area contributed by atoms with Gasteiger partial charge in [-0.25, -0.2) is 9.37 Å². The number of amides is 1. The molecule has 2 aromatic carbocycles. The van der Waals surface area contributed by atoms with Crippen molar-refractivity contribution < 1.29 is 19.0 Å².